The Morgan fingerprint density at radius 3 is 2.32 bits per heavy atom. The Hall–Kier alpha value is -3.66. The molecule has 0 bridgehead atoms. The summed E-state index contributed by atoms with van der Waals surface area (Å²) in [5.41, 5.74) is 0.247. The average molecular weight is 487 g/mol. The van der Waals surface area contributed by atoms with E-state index in [4.69, 9.17) is 13.7 Å². The van der Waals surface area contributed by atoms with E-state index in [1.54, 1.807) is 31.2 Å². The van der Waals surface area contributed by atoms with Crippen LogP contribution in [0.25, 0.3) is 5.69 Å². The van der Waals surface area contributed by atoms with Crippen LogP contribution in [-0.2, 0) is 14.9 Å². The van der Waals surface area contributed by atoms with Crippen molar-refractivity contribution in [1.82, 2.24) is 9.78 Å². The molecule has 0 unspecified atom stereocenters. The number of carbonyl (C=O) groups excluding carboxylic acids is 1. The highest BCUT2D eigenvalue weighted by Gasteiger charge is 2.25. The van der Waals surface area contributed by atoms with Crippen molar-refractivity contribution in [1.29, 1.82) is 0 Å². The molecular formula is C24H26N2O7S. The summed E-state index contributed by atoms with van der Waals surface area (Å²) in [7, 11) is -4.38. The van der Waals surface area contributed by atoms with E-state index in [0.717, 1.165) is 29.2 Å². The van der Waals surface area contributed by atoms with Crippen LogP contribution in [0.5, 0.6) is 11.5 Å². The van der Waals surface area contributed by atoms with Crippen molar-refractivity contribution >= 4 is 16.1 Å². The summed E-state index contributed by atoms with van der Waals surface area (Å²) in [5.74, 6) is -0.926. The predicted octanol–water partition coefficient (Wildman–Crippen LogP) is 3.66. The number of carbonyl (C=O) groups is 1. The van der Waals surface area contributed by atoms with Gasteiger partial charge in [0.2, 0.25) is 5.69 Å². The minimum atomic E-state index is -4.38. The maximum atomic E-state index is 12.9. The summed E-state index contributed by atoms with van der Waals surface area (Å²) in [5, 5.41) is 4.04. The zero-order valence-corrected chi connectivity index (χ0v) is 20.0. The van der Waals surface area contributed by atoms with Gasteiger partial charge in [0.05, 0.1) is 25.0 Å². The summed E-state index contributed by atoms with van der Waals surface area (Å²) in [6.07, 6.45) is 1.85. The number of hydrogen-bond acceptors (Lipinski definition) is 8. The van der Waals surface area contributed by atoms with Crippen molar-refractivity contribution < 1.29 is 26.9 Å². The molecule has 0 aliphatic carbocycles. The lowest BCUT2D eigenvalue weighted by Crippen LogP contribution is -2.26. The molecule has 0 aliphatic heterocycles. The van der Waals surface area contributed by atoms with Gasteiger partial charge in [0.25, 0.3) is 5.56 Å². The maximum Gasteiger partial charge on any atom is 0.362 e. The number of hydrogen-bond donors (Lipinski definition) is 0. The molecule has 9 nitrogen and oxygen atoms in total. The van der Waals surface area contributed by atoms with Crippen LogP contribution < -0.4 is 14.5 Å². The van der Waals surface area contributed by atoms with E-state index in [0.29, 0.717) is 18.0 Å². The Morgan fingerprint density at radius 2 is 1.71 bits per heavy atom. The van der Waals surface area contributed by atoms with Gasteiger partial charge in [-0.1, -0.05) is 31.0 Å². The Bertz CT molecular complexity index is 1300. The molecule has 0 radical (unpaired) electrons. The van der Waals surface area contributed by atoms with Gasteiger partial charge in [-0.25, -0.2) is 4.79 Å². The van der Waals surface area contributed by atoms with Crippen LogP contribution >= 0.6 is 0 Å². The molecule has 0 amide bonds. The highest BCUT2D eigenvalue weighted by atomic mass is 32.2. The van der Waals surface area contributed by atoms with E-state index in [9.17, 15) is 18.0 Å². The van der Waals surface area contributed by atoms with Crippen LogP contribution in [0.2, 0.25) is 0 Å². The second kappa shape index (κ2) is 11.0. The number of rotatable bonds is 10. The Balaban J connectivity index is 1.96. The molecule has 0 saturated heterocycles. The second-order valence-corrected chi connectivity index (χ2v) is 8.92. The van der Waals surface area contributed by atoms with Crippen molar-refractivity contribution in [3.8, 4) is 17.2 Å². The zero-order valence-electron chi connectivity index (χ0n) is 19.2. The lowest BCUT2D eigenvalue weighted by atomic mass is 10.2. The molecule has 180 valence electrons. The van der Waals surface area contributed by atoms with Crippen molar-refractivity contribution in [3.63, 3.8) is 0 Å². The molecule has 3 rings (SSSR count). The molecule has 0 fully saturated rings. The van der Waals surface area contributed by atoms with Crippen molar-refractivity contribution in [2.75, 3.05) is 13.2 Å². The first-order valence-corrected chi connectivity index (χ1v) is 12.2. The maximum absolute atomic E-state index is 12.9. The second-order valence-electron chi connectivity index (χ2n) is 7.37. The normalized spacial score (nSPS) is 11.1. The zero-order chi connectivity index (χ0) is 24.7. The fraction of sp³-hybridized carbons (Fsp3) is 0.292. The Labute approximate surface area is 198 Å². The number of aryl methyl sites for hydroxylation is 1. The largest absolute Gasteiger partial charge is 0.494 e. The van der Waals surface area contributed by atoms with Crippen LogP contribution in [0.15, 0.2) is 64.3 Å². The van der Waals surface area contributed by atoms with Crippen molar-refractivity contribution in [2.45, 2.75) is 38.5 Å². The summed E-state index contributed by atoms with van der Waals surface area (Å²) in [6, 6.07) is 13.4. The molecule has 1 aromatic heterocycles. The van der Waals surface area contributed by atoms with E-state index >= 15 is 0 Å². The van der Waals surface area contributed by atoms with Crippen LogP contribution in [0.3, 0.4) is 0 Å². The number of ether oxygens (including phenoxy) is 2. The van der Waals surface area contributed by atoms with Crippen LogP contribution in [0.4, 0.5) is 0 Å². The highest BCUT2D eigenvalue weighted by molar-refractivity contribution is 7.87. The summed E-state index contributed by atoms with van der Waals surface area (Å²) in [4.78, 5) is 25.0. The number of unbranched alkanes of at least 4 members (excludes halogenated alkanes) is 1. The van der Waals surface area contributed by atoms with Gasteiger partial charge in [0, 0.05) is 0 Å². The molecular weight excluding hydrogens is 460 g/mol. The van der Waals surface area contributed by atoms with Crippen LogP contribution in [-0.4, -0.2) is 37.4 Å². The number of aromatic nitrogens is 2. The fourth-order valence-electron chi connectivity index (χ4n) is 2.92. The molecule has 34 heavy (non-hydrogen) atoms. The average Bonchev–Trinajstić information content (AvgIpc) is 2.80. The van der Waals surface area contributed by atoms with Gasteiger partial charge in [-0.15, -0.1) is 0 Å². The van der Waals surface area contributed by atoms with Gasteiger partial charge < -0.3 is 13.7 Å². The lowest BCUT2D eigenvalue weighted by Gasteiger charge is -2.13. The third-order valence-electron chi connectivity index (χ3n) is 4.72. The molecule has 10 heteroatoms. The van der Waals surface area contributed by atoms with Gasteiger partial charge >= 0.3 is 16.1 Å². The minimum absolute atomic E-state index is 0.0237. The Kier molecular flexibility index (Phi) is 8.06. The topological polar surface area (TPSA) is 114 Å². The molecule has 2 aromatic carbocycles. The van der Waals surface area contributed by atoms with E-state index in [2.05, 4.69) is 5.10 Å². The number of benzene rings is 2. The van der Waals surface area contributed by atoms with E-state index < -0.39 is 33.1 Å². The fourth-order valence-corrected chi connectivity index (χ4v) is 3.85. The predicted molar refractivity (Wildman–Crippen MR) is 125 cm³/mol. The first-order valence-electron chi connectivity index (χ1n) is 10.8. The van der Waals surface area contributed by atoms with E-state index in [-0.39, 0.29) is 11.5 Å². The third kappa shape index (κ3) is 6.02. The SMILES string of the molecule is CCCCOc1ccc(S(=O)(=O)Oc2cc(=O)n(-c3ccc(C)cc3)nc2C(=O)OCC)cc1. The first-order chi connectivity index (χ1) is 16.2. The molecule has 0 N–H and O–H groups in total. The molecule has 0 atom stereocenters. The summed E-state index contributed by atoms with van der Waals surface area (Å²) >= 11 is 0. The standard InChI is InChI=1S/C24H26N2O7S/c1-4-6-15-32-19-11-13-20(14-12-19)34(29,30)33-21-16-22(27)26(18-9-7-17(3)8-10-18)25-23(21)24(28)31-5-2/h7-14,16H,4-6,15H2,1-3H3. The van der Waals surface area contributed by atoms with Gasteiger partial charge in [0.1, 0.15) is 10.6 Å². The Morgan fingerprint density at radius 1 is 1.03 bits per heavy atom. The van der Waals surface area contributed by atoms with Crippen molar-refractivity contribution in [3.05, 3.63) is 76.2 Å². The number of esters is 1. The smallest absolute Gasteiger partial charge is 0.362 e. The summed E-state index contributed by atoms with van der Waals surface area (Å²) in [6.45, 7) is 6.06. The molecule has 3 aromatic rings. The third-order valence-corrected chi connectivity index (χ3v) is 5.97. The van der Waals surface area contributed by atoms with Gasteiger partial charge in [-0.3, -0.25) is 4.79 Å². The molecule has 0 saturated carbocycles. The van der Waals surface area contributed by atoms with Crippen LogP contribution in [0, 0.1) is 6.92 Å². The lowest BCUT2D eigenvalue weighted by molar-refractivity contribution is 0.0515. The van der Waals surface area contributed by atoms with E-state index in [1.807, 2.05) is 13.8 Å². The quantitative estimate of drug-likeness (QED) is 0.242. The monoisotopic (exact) mass is 486 g/mol. The van der Waals surface area contributed by atoms with E-state index in [1.165, 1.54) is 24.3 Å². The van der Waals surface area contributed by atoms with Gasteiger partial charge in [-0.2, -0.15) is 18.2 Å². The molecule has 0 spiro atoms. The van der Waals surface area contributed by atoms with Gasteiger partial charge in [0.15, 0.2) is 5.75 Å². The summed E-state index contributed by atoms with van der Waals surface area (Å²) < 4.78 is 42.4. The minimum Gasteiger partial charge on any atom is -0.494 e. The molecule has 0 aliphatic rings. The van der Waals surface area contributed by atoms with Gasteiger partial charge in [-0.05, 0) is 56.7 Å². The first kappa shape index (κ1) is 25.0. The number of nitrogens with zero attached hydrogens (tertiary/aromatic N) is 2. The van der Waals surface area contributed by atoms with Crippen LogP contribution in [0.1, 0.15) is 42.7 Å². The molecule has 1 heterocycles. The highest BCUT2D eigenvalue weighted by Crippen LogP contribution is 2.23. The van der Waals surface area contributed by atoms with Crippen molar-refractivity contribution in [2.24, 2.45) is 0 Å².